The molecule has 2 amide bonds. The second-order valence-electron chi connectivity index (χ2n) is 7.34. The maximum absolute atomic E-state index is 13.4. The molecule has 1 unspecified atom stereocenters. The molecular formula is C23H29N3O6S. The van der Waals surface area contributed by atoms with Gasteiger partial charge in [-0.15, -0.1) is 11.3 Å². The molecule has 0 fully saturated rings. The van der Waals surface area contributed by atoms with E-state index in [9.17, 15) is 9.59 Å². The zero-order chi connectivity index (χ0) is 23.8. The summed E-state index contributed by atoms with van der Waals surface area (Å²) in [5.74, 6) is 0.602. The fraction of sp³-hybridized carbons (Fsp3) is 0.435. The van der Waals surface area contributed by atoms with Crippen molar-refractivity contribution in [1.29, 1.82) is 0 Å². The number of hydrogen-bond acceptors (Lipinski definition) is 8. The fourth-order valence-corrected chi connectivity index (χ4v) is 4.32. The zero-order valence-electron chi connectivity index (χ0n) is 19.3. The highest BCUT2D eigenvalue weighted by Gasteiger charge is 2.35. The standard InChI is InChI=1S/C23H29N3O6S/c1-29-10-9-25(23(28)15-30-2)14-22(27)26-18(13-17(24-26)21-6-5-11-33-21)16-7-8-19(31-3)20(12-16)32-4/h5-8,11-12,18H,9-10,13-15H2,1-4H3. The van der Waals surface area contributed by atoms with Gasteiger partial charge in [0.15, 0.2) is 11.5 Å². The quantitative estimate of drug-likeness (QED) is 0.496. The van der Waals surface area contributed by atoms with Crippen molar-refractivity contribution >= 4 is 28.9 Å². The molecule has 0 saturated heterocycles. The molecule has 178 valence electrons. The lowest BCUT2D eigenvalue weighted by Crippen LogP contribution is -2.44. The van der Waals surface area contributed by atoms with Crippen LogP contribution in [0.25, 0.3) is 0 Å². The van der Waals surface area contributed by atoms with Gasteiger partial charge >= 0.3 is 0 Å². The number of benzene rings is 1. The third-order valence-corrected chi connectivity index (χ3v) is 6.19. The summed E-state index contributed by atoms with van der Waals surface area (Å²) in [6.07, 6.45) is 0.547. The molecule has 0 radical (unpaired) electrons. The van der Waals surface area contributed by atoms with Crippen molar-refractivity contribution in [3.05, 3.63) is 46.2 Å². The Balaban J connectivity index is 1.90. The molecule has 1 aromatic carbocycles. The van der Waals surface area contributed by atoms with Crippen molar-refractivity contribution in [3.8, 4) is 11.5 Å². The first-order chi connectivity index (χ1) is 16.0. The van der Waals surface area contributed by atoms with E-state index < -0.39 is 0 Å². The van der Waals surface area contributed by atoms with Gasteiger partial charge in [0, 0.05) is 27.2 Å². The van der Waals surface area contributed by atoms with E-state index in [1.165, 1.54) is 17.0 Å². The Hall–Kier alpha value is -2.95. The van der Waals surface area contributed by atoms with Gasteiger partial charge in [0.1, 0.15) is 13.2 Å². The molecule has 0 spiro atoms. The number of carbonyl (C=O) groups is 2. The lowest BCUT2D eigenvalue weighted by Gasteiger charge is -2.27. The second-order valence-corrected chi connectivity index (χ2v) is 8.29. The summed E-state index contributed by atoms with van der Waals surface area (Å²) in [6, 6.07) is 9.17. The Morgan fingerprint density at radius 3 is 2.55 bits per heavy atom. The smallest absolute Gasteiger partial charge is 0.262 e. The molecule has 1 aliphatic heterocycles. The lowest BCUT2D eigenvalue weighted by atomic mass is 10.0. The third kappa shape index (κ3) is 5.89. The second kappa shape index (κ2) is 11.8. The summed E-state index contributed by atoms with van der Waals surface area (Å²) in [7, 11) is 6.14. The van der Waals surface area contributed by atoms with Crippen LogP contribution in [0.1, 0.15) is 22.9 Å². The maximum Gasteiger partial charge on any atom is 0.262 e. The first-order valence-electron chi connectivity index (χ1n) is 10.4. The van der Waals surface area contributed by atoms with Crippen LogP contribution in [-0.2, 0) is 19.1 Å². The summed E-state index contributed by atoms with van der Waals surface area (Å²) in [5.41, 5.74) is 1.69. The van der Waals surface area contributed by atoms with Crippen molar-refractivity contribution in [2.24, 2.45) is 5.10 Å². The summed E-state index contributed by atoms with van der Waals surface area (Å²) in [4.78, 5) is 28.3. The highest BCUT2D eigenvalue weighted by Crippen LogP contribution is 2.37. The normalized spacial score (nSPS) is 15.3. The molecular weight excluding hydrogens is 446 g/mol. The molecule has 1 atom stereocenters. The number of amides is 2. The molecule has 0 aliphatic carbocycles. The highest BCUT2D eigenvalue weighted by atomic mass is 32.1. The van der Waals surface area contributed by atoms with Crippen LogP contribution in [0.3, 0.4) is 0 Å². The van der Waals surface area contributed by atoms with Gasteiger partial charge in [-0.05, 0) is 29.1 Å². The number of methoxy groups -OCH3 is 4. The molecule has 1 aromatic heterocycles. The minimum Gasteiger partial charge on any atom is -0.493 e. The molecule has 10 heteroatoms. The summed E-state index contributed by atoms with van der Waals surface area (Å²) in [5, 5.41) is 8.11. The Kier molecular flexibility index (Phi) is 8.81. The monoisotopic (exact) mass is 475 g/mol. The van der Waals surface area contributed by atoms with E-state index in [1.807, 2.05) is 35.7 Å². The molecule has 33 heavy (non-hydrogen) atoms. The van der Waals surface area contributed by atoms with E-state index in [0.29, 0.717) is 24.5 Å². The van der Waals surface area contributed by atoms with Gasteiger partial charge in [0.2, 0.25) is 5.91 Å². The average Bonchev–Trinajstić information content (AvgIpc) is 3.51. The van der Waals surface area contributed by atoms with Crippen molar-refractivity contribution in [1.82, 2.24) is 9.91 Å². The minimum absolute atomic E-state index is 0.111. The van der Waals surface area contributed by atoms with Crippen molar-refractivity contribution in [3.63, 3.8) is 0 Å². The predicted octanol–water partition coefficient (Wildman–Crippen LogP) is 2.56. The van der Waals surface area contributed by atoms with Gasteiger partial charge in [-0.2, -0.15) is 5.10 Å². The molecule has 2 heterocycles. The largest absolute Gasteiger partial charge is 0.493 e. The number of hydrogen-bond donors (Lipinski definition) is 0. The number of carbonyl (C=O) groups excluding carboxylic acids is 2. The first-order valence-corrected chi connectivity index (χ1v) is 11.3. The number of rotatable bonds is 11. The molecule has 0 saturated carbocycles. The first kappa shape index (κ1) is 24.7. The van der Waals surface area contributed by atoms with Crippen LogP contribution in [0.2, 0.25) is 0 Å². The van der Waals surface area contributed by atoms with Crippen LogP contribution in [0.15, 0.2) is 40.8 Å². The van der Waals surface area contributed by atoms with E-state index in [4.69, 9.17) is 18.9 Å². The fourth-order valence-electron chi connectivity index (χ4n) is 3.60. The number of hydrazone groups is 1. The SMILES string of the molecule is COCCN(CC(=O)N1N=C(c2cccs2)CC1c1ccc(OC)c(OC)c1)C(=O)COC. The summed E-state index contributed by atoms with van der Waals surface area (Å²) >= 11 is 1.57. The van der Waals surface area contributed by atoms with Gasteiger partial charge in [0.25, 0.3) is 5.91 Å². The third-order valence-electron chi connectivity index (χ3n) is 5.28. The summed E-state index contributed by atoms with van der Waals surface area (Å²) in [6.45, 7) is 0.350. The van der Waals surface area contributed by atoms with Crippen LogP contribution in [0.4, 0.5) is 0 Å². The molecule has 9 nitrogen and oxygen atoms in total. The molecule has 1 aliphatic rings. The van der Waals surface area contributed by atoms with E-state index >= 15 is 0 Å². The number of nitrogens with zero attached hydrogens (tertiary/aromatic N) is 3. The minimum atomic E-state index is -0.337. The average molecular weight is 476 g/mol. The van der Waals surface area contributed by atoms with Crippen molar-refractivity contribution in [2.75, 3.05) is 54.7 Å². The highest BCUT2D eigenvalue weighted by molar-refractivity contribution is 7.12. The van der Waals surface area contributed by atoms with E-state index in [1.54, 1.807) is 32.7 Å². The van der Waals surface area contributed by atoms with Crippen LogP contribution < -0.4 is 9.47 Å². The predicted molar refractivity (Wildman–Crippen MR) is 125 cm³/mol. The maximum atomic E-state index is 13.4. The van der Waals surface area contributed by atoms with Crippen LogP contribution >= 0.6 is 11.3 Å². The number of thiophene rings is 1. The number of ether oxygens (including phenoxy) is 4. The topological polar surface area (TPSA) is 89.9 Å². The molecule has 2 aromatic rings. The Morgan fingerprint density at radius 1 is 1.12 bits per heavy atom. The van der Waals surface area contributed by atoms with Crippen LogP contribution in [-0.4, -0.2) is 82.2 Å². The van der Waals surface area contributed by atoms with Crippen LogP contribution in [0.5, 0.6) is 11.5 Å². The van der Waals surface area contributed by atoms with Crippen molar-refractivity contribution < 1.29 is 28.5 Å². The molecule has 0 N–H and O–H groups in total. The van der Waals surface area contributed by atoms with E-state index in [0.717, 1.165) is 16.2 Å². The van der Waals surface area contributed by atoms with Gasteiger partial charge in [-0.1, -0.05) is 12.1 Å². The van der Waals surface area contributed by atoms with E-state index in [-0.39, 0.29) is 37.6 Å². The van der Waals surface area contributed by atoms with Gasteiger partial charge in [-0.25, -0.2) is 5.01 Å². The Labute approximate surface area is 197 Å². The zero-order valence-corrected chi connectivity index (χ0v) is 20.1. The molecule has 0 bridgehead atoms. The van der Waals surface area contributed by atoms with Gasteiger partial charge in [0.05, 0.1) is 37.5 Å². The van der Waals surface area contributed by atoms with E-state index in [2.05, 4.69) is 5.10 Å². The van der Waals surface area contributed by atoms with Gasteiger partial charge in [-0.3, -0.25) is 9.59 Å². The Morgan fingerprint density at radius 2 is 1.91 bits per heavy atom. The van der Waals surface area contributed by atoms with Crippen LogP contribution in [0, 0.1) is 0 Å². The summed E-state index contributed by atoms with van der Waals surface area (Å²) < 4.78 is 20.9. The lowest BCUT2D eigenvalue weighted by molar-refractivity contribution is -0.144. The van der Waals surface area contributed by atoms with Gasteiger partial charge < -0.3 is 23.8 Å². The van der Waals surface area contributed by atoms with Crippen molar-refractivity contribution in [2.45, 2.75) is 12.5 Å². The molecule has 3 rings (SSSR count). The Bertz CT molecular complexity index is 979.